The highest BCUT2D eigenvalue weighted by Gasteiger charge is 2.21. The number of benzene rings is 3. The number of aromatic nitrogens is 4. The molecule has 0 atom stereocenters. The summed E-state index contributed by atoms with van der Waals surface area (Å²) in [7, 11) is 3.34. The lowest BCUT2D eigenvalue weighted by molar-refractivity contribution is 0.416. The molecule has 5 rings (SSSR count). The summed E-state index contributed by atoms with van der Waals surface area (Å²) in [5, 5.41) is 3.06. The predicted octanol–water partition coefficient (Wildman–Crippen LogP) is 4.14. The van der Waals surface area contributed by atoms with Gasteiger partial charge in [-0.25, -0.2) is 23.7 Å². The standard InChI is InChI=1S/C25H21FN6O3/c1-28-20-13-17(8-11-21(20)34-2)32-24-22(23(27)29-14-30-24)31(25(32)33)16-6-9-18(10-7-16)35-19-5-3-4-15(26)12-19/h3-14,28H,1-2H3,(H2,27,29,30). The molecule has 9 nitrogen and oxygen atoms in total. The second-order valence-corrected chi connectivity index (χ2v) is 7.57. The van der Waals surface area contributed by atoms with Crippen LogP contribution in [0.4, 0.5) is 15.9 Å². The van der Waals surface area contributed by atoms with Crippen LogP contribution in [0.3, 0.4) is 0 Å². The highest BCUT2D eigenvalue weighted by atomic mass is 19.1. The van der Waals surface area contributed by atoms with E-state index in [9.17, 15) is 9.18 Å². The molecule has 0 aliphatic carbocycles. The molecular weight excluding hydrogens is 451 g/mol. The lowest BCUT2D eigenvalue weighted by atomic mass is 10.2. The number of hydrogen-bond donors (Lipinski definition) is 2. The van der Waals surface area contributed by atoms with E-state index >= 15 is 0 Å². The number of methoxy groups -OCH3 is 1. The molecule has 0 spiro atoms. The molecule has 3 N–H and O–H groups in total. The van der Waals surface area contributed by atoms with Crippen LogP contribution in [-0.2, 0) is 0 Å². The number of fused-ring (bicyclic) bond motifs is 1. The van der Waals surface area contributed by atoms with Gasteiger partial charge in [-0.3, -0.25) is 4.57 Å². The van der Waals surface area contributed by atoms with Gasteiger partial charge in [0, 0.05) is 13.1 Å². The number of nitrogens with zero attached hydrogens (tertiary/aromatic N) is 4. The van der Waals surface area contributed by atoms with Gasteiger partial charge in [-0.1, -0.05) is 6.07 Å². The van der Waals surface area contributed by atoms with E-state index in [1.165, 1.54) is 27.6 Å². The number of nitrogens with two attached hydrogens (primary N) is 1. The molecule has 10 heteroatoms. The molecule has 0 saturated heterocycles. The quantitative estimate of drug-likeness (QED) is 0.382. The topological polar surface area (TPSA) is 109 Å². The molecule has 2 aromatic heterocycles. The van der Waals surface area contributed by atoms with Crippen LogP contribution in [0.1, 0.15) is 0 Å². The molecule has 5 aromatic rings. The summed E-state index contributed by atoms with van der Waals surface area (Å²) in [5.74, 6) is 1.25. The minimum Gasteiger partial charge on any atom is -0.495 e. The van der Waals surface area contributed by atoms with E-state index in [0.29, 0.717) is 45.5 Å². The molecule has 3 aromatic carbocycles. The number of ether oxygens (including phenoxy) is 2. The van der Waals surface area contributed by atoms with Crippen molar-refractivity contribution in [1.82, 2.24) is 19.1 Å². The minimum absolute atomic E-state index is 0.160. The zero-order valence-electron chi connectivity index (χ0n) is 18.9. The summed E-state index contributed by atoms with van der Waals surface area (Å²) < 4.78 is 27.4. The van der Waals surface area contributed by atoms with Crippen molar-refractivity contribution in [2.75, 3.05) is 25.2 Å². The molecular formula is C25H21FN6O3. The highest BCUT2D eigenvalue weighted by molar-refractivity contribution is 5.85. The Hall–Kier alpha value is -4.86. The number of imidazole rings is 1. The third kappa shape index (κ3) is 3.90. The van der Waals surface area contributed by atoms with Gasteiger partial charge in [-0.05, 0) is 54.6 Å². The fourth-order valence-corrected chi connectivity index (χ4v) is 3.88. The van der Waals surface area contributed by atoms with Crippen molar-refractivity contribution in [2.45, 2.75) is 0 Å². The summed E-state index contributed by atoms with van der Waals surface area (Å²) >= 11 is 0. The Morgan fingerprint density at radius 1 is 0.943 bits per heavy atom. The lowest BCUT2D eigenvalue weighted by Crippen LogP contribution is -2.22. The summed E-state index contributed by atoms with van der Waals surface area (Å²) in [5.41, 5.74) is 8.36. The highest BCUT2D eigenvalue weighted by Crippen LogP contribution is 2.29. The third-order valence-corrected chi connectivity index (χ3v) is 5.49. The van der Waals surface area contributed by atoms with E-state index in [1.807, 2.05) is 0 Å². The molecule has 0 aliphatic heterocycles. The molecule has 176 valence electrons. The number of nitrogen functional groups attached to an aromatic ring is 1. The number of halogens is 1. The van der Waals surface area contributed by atoms with E-state index < -0.39 is 5.82 Å². The van der Waals surface area contributed by atoms with Gasteiger partial charge in [0.05, 0.1) is 24.2 Å². The molecule has 0 bridgehead atoms. The Morgan fingerprint density at radius 3 is 2.43 bits per heavy atom. The van der Waals surface area contributed by atoms with E-state index in [2.05, 4.69) is 15.3 Å². The van der Waals surface area contributed by atoms with Crippen LogP contribution < -0.4 is 26.2 Å². The smallest absolute Gasteiger partial charge is 0.339 e. The van der Waals surface area contributed by atoms with Gasteiger partial charge >= 0.3 is 5.69 Å². The number of rotatable bonds is 6. The van der Waals surface area contributed by atoms with Crippen molar-refractivity contribution in [3.63, 3.8) is 0 Å². The normalized spacial score (nSPS) is 10.9. The van der Waals surface area contributed by atoms with Crippen LogP contribution in [0.15, 0.2) is 77.9 Å². The largest absolute Gasteiger partial charge is 0.495 e. The first-order valence-electron chi connectivity index (χ1n) is 10.6. The molecule has 0 saturated carbocycles. The Morgan fingerprint density at radius 2 is 1.71 bits per heavy atom. The van der Waals surface area contributed by atoms with Crippen molar-refractivity contribution < 1.29 is 13.9 Å². The maximum absolute atomic E-state index is 13.7. The van der Waals surface area contributed by atoms with Gasteiger partial charge < -0.3 is 20.5 Å². The van der Waals surface area contributed by atoms with Crippen molar-refractivity contribution in [1.29, 1.82) is 0 Å². The van der Waals surface area contributed by atoms with Crippen molar-refractivity contribution in [3.8, 4) is 28.6 Å². The van der Waals surface area contributed by atoms with Crippen molar-refractivity contribution in [2.24, 2.45) is 0 Å². The second-order valence-electron chi connectivity index (χ2n) is 7.57. The van der Waals surface area contributed by atoms with E-state index in [4.69, 9.17) is 15.2 Å². The van der Waals surface area contributed by atoms with Crippen LogP contribution in [0.5, 0.6) is 17.2 Å². The van der Waals surface area contributed by atoms with Crippen molar-refractivity contribution >= 4 is 22.7 Å². The molecule has 0 fully saturated rings. The summed E-state index contributed by atoms with van der Waals surface area (Å²) in [6, 6.07) is 17.9. The Balaban J connectivity index is 1.63. The minimum atomic E-state index is -0.395. The Bertz CT molecular complexity index is 1590. The average molecular weight is 472 g/mol. The SMILES string of the molecule is CNc1cc(-n2c(=O)n(-c3ccc(Oc4cccc(F)c4)cc3)c3c(N)ncnc32)ccc1OC. The van der Waals surface area contributed by atoms with Crippen LogP contribution in [-0.4, -0.2) is 33.3 Å². The van der Waals surface area contributed by atoms with Crippen LogP contribution in [0.25, 0.3) is 22.5 Å². The molecule has 0 aliphatic rings. The van der Waals surface area contributed by atoms with E-state index in [-0.39, 0.29) is 11.5 Å². The third-order valence-electron chi connectivity index (χ3n) is 5.49. The Labute approximate surface area is 199 Å². The van der Waals surface area contributed by atoms with Gasteiger partial charge in [0.1, 0.15) is 34.9 Å². The summed E-state index contributed by atoms with van der Waals surface area (Å²) in [4.78, 5) is 22.1. The van der Waals surface area contributed by atoms with Gasteiger partial charge in [0.25, 0.3) is 0 Å². The predicted molar refractivity (Wildman–Crippen MR) is 131 cm³/mol. The van der Waals surface area contributed by atoms with Crippen LogP contribution >= 0.6 is 0 Å². The van der Waals surface area contributed by atoms with Gasteiger partial charge in [-0.2, -0.15) is 0 Å². The molecule has 0 unspecified atom stereocenters. The zero-order valence-corrected chi connectivity index (χ0v) is 18.9. The van der Waals surface area contributed by atoms with Gasteiger partial charge in [0.15, 0.2) is 11.5 Å². The summed E-state index contributed by atoms with van der Waals surface area (Å²) in [6.45, 7) is 0. The van der Waals surface area contributed by atoms with Crippen molar-refractivity contribution in [3.05, 3.63) is 89.4 Å². The maximum atomic E-state index is 13.7. The number of nitrogens with one attached hydrogen (secondary N) is 1. The first kappa shape index (κ1) is 22.0. The van der Waals surface area contributed by atoms with E-state index in [1.54, 1.807) is 68.8 Å². The van der Waals surface area contributed by atoms with Crippen LogP contribution in [0, 0.1) is 5.82 Å². The van der Waals surface area contributed by atoms with Crippen LogP contribution in [0.2, 0.25) is 0 Å². The fourth-order valence-electron chi connectivity index (χ4n) is 3.88. The number of anilines is 2. The lowest BCUT2D eigenvalue weighted by Gasteiger charge is -2.10. The maximum Gasteiger partial charge on any atom is 0.339 e. The molecule has 0 radical (unpaired) electrons. The Kier molecular flexibility index (Phi) is 5.54. The van der Waals surface area contributed by atoms with Gasteiger partial charge in [0.2, 0.25) is 0 Å². The monoisotopic (exact) mass is 472 g/mol. The summed E-state index contributed by atoms with van der Waals surface area (Å²) in [6.07, 6.45) is 1.32. The number of hydrogen-bond acceptors (Lipinski definition) is 7. The molecule has 35 heavy (non-hydrogen) atoms. The van der Waals surface area contributed by atoms with E-state index in [0.717, 1.165) is 0 Å². The van der Waals surface area contributed by atoms with Gasteiger partial charge in [-0.15, -0.1) is 0 Å². The molecule has 2 heterocycles. The zero-order chi connectivity index (χ0) is 24.5. The second kappa shape index (κ2) is 8.82. The molecule has 0 amide bonds. The first-order valence-corrected chi connectivity index (χ1v) is 10.6. The fraction of sp³-hybridized carbons (Fsp3) is 0.0800. The average Bonchev–Trinajstić information content (AvgIpc) is 3.17. The first-order chi connectivity index (χ1) is 17.0.